The van der Waals surface area contributed by atoms with Gasteiger partial charge in [0.15, 0.2) is 5.17 Å². The SMILES string of the molecule is CC1=CC(C)(C)N(C)c2cc(Cl)c(/C=C3/SC(=Nc4ccc(Br)cc4)NC3=O)cc21. The Morgan fingerprint density at radius 3 is 2.63 bits per heavy atom. The molecule has 0 bridgehead atoms. The number of halogens is 2. The third-order valence-corrected chi connectivity index (χ3v) is 7.10. The van der Waals surface area contributed by atoms with Gasteiger partial charge in [0.25, 0.3) is 5.91 Å². The third kappa shape index (κ3) is 4.09. The number of hydrogen-bond donors (Lipinski definition) is 1. The molecule has 154 valence electrons. The summed E-state index contributed by atoms with van der Waals surface area (Å²) in [6.07, 6.45) is 4.08. The van der Waals surface area contributed by atoms with Gasteiger partial charge in [0.1, 0.15) is 0 Å². The van der Waals surface area contributed by atoms with Crippen molar-refractivity contribution in [2.75, 3.05) is 11.9 Å². The number of rotatable bonds is 2. The average Bonchev–Trinajstić information content (AvgIpc) is 3.01. The molecule has 4 nitrogen and oxygen atoms in total. The zero-order chi connectivity index (χ0) is 21.6. The van der Waals surface area contributed by atoms with E-state index in [0.29, 0.717) is 15.1 Å². The summed E-state index contributed by atoms with van der Waals surface area (Å²) in [5, 5.41) is 4.00. The Balaban J connectivity index is 1.66. The van der Waals surface area contributed by atoms with Gasteiger partial charge in [0, 0.05) is 27.8 Å². The van der Waals surface area contributed by atoms with Gasteiger partial charge in [-0.15, -0.1) is 0 Å². The smallest absolute Gasteiger partial charge is 0.264 e. The van der Waals surface area contributed by atoms with Gasteiger partial charge in [0.2, 0.25) is 0 Å². The molecule has 2 aromatic carbocycles. The molecular weight excluding hydrogens is 482 g/mol. The van der Waals surface area contributed by atoms with Crippen molar-refractivity contribution < 1.29 is 4.79 Å². The fourth-order valence-corrected chi connectivity index (χ4v) is 4.86. The lowest BCUT2D eigenvalue weighted by Gasteiger charge is -2.40. The summed E-state index contributed by atoms with van der Waals surface area (Å²) in [5.74, 6) is -0.171. The zero-order valence-corrected chi connectivity index (χ0v) is 20.2. The second-order valence-electron chi connectivity index (χ2n) is 7.89. The number of aliphatic imine (C=N–C) groups is 1. The maximum atomic E-state index is 12.5. The third-order valence-electron chi connectivity index (χ3n) is 5.33. The number of likely N-dealkylation sites (N-methyl/N-ethyl adjacent to an activating group) is 1. The van der Waals surface area contributed by atoms with Crippen LogP contribution in [-0.4, -0.2) is 23.7 Å². The van der Waals surface area contributed by atoms with Gasteiger partial charge in [-0.3, -0.25) is 4.79 Å². The molecule has 2 aliphatic heterocycles. The van der Waals surface area contributed by atoms with Crippen LogP contribution < -0.4 is 10.2 Å². The van der Waals surface area contributed by atoms with E-state index < -0.39 is 0 Å². The Hall–Kier alpha value is -2.02. The molecular formula is C23H21BrClN3OS. The van der Waals surface area contributed by atoms with E-state index in [2.05, 4.69) is 71.1 Å². The number of benzene rings is 2. The van der Waals surface area contributed by atoms with Crippen LogP contribution in [0.1, 0.15) is 31.9 Å². The van der Waals surface area contributed by atoms with Crippen LogP contribution in [0.15, 0.2) is 56.8 Å². The largest absolute Gasteiger partial charge is 0.365 e. The molecule has 0 radical (unpaired) electrons. The molecule has 4 rings (SSSR count). The van der Waals surface area contributed by atoms with Gasteiger partial charge in [-0.25, -0.2) is 4.99 Å². The number of allylic oxidation sites excluding steroid dienone is 1. The summed E-state index contributed by atoms with van der Waals surface area (Å²) in [5.41, 5.74) is 4.93. The van der Waals surface area contributed by atoms with Gasteiger partial charge in [-0.05, 0) is 86.1 Å². The van der Waals surface area contributed by atoms with Crippen molar-refractivity contribution in [1.29, 1.82) is 0 Å². The summed E-state index contributed by atoms with van der Waals surface area (Å²) in [7, 11) is 2.07. The molecule has 30 heavy (non-hydrogen) atoms. The Kier molecular flexibility index (Phi) is 5.60. The predicted molar refractivity (Wildman–Crippen MR) is 133 cm³/mol. The molecule has 0 atom stereocenters. The van der Waals surface area contributed by atoms with E-state index in [1.165, 1.54) is 17.3 Å². The number of amides is 1. The quantitative estimate of drug-likeness (QED) is 0.469. The zero-order valence-electron chi connectivity index (χ0n) is 17.1. The van der Waals surface area contributed by atoms with Crippen LogP contribution in [0.3, 0.4) is 0 Å². The van der Waals surface area contributed by atoms with Gasteiger partial charge >= 0.3 is 0 Å². The molecule has 2 aromatic rings. The number of carbonyl (C=O) groups is 1. The maximum Gasteiger partial charge on any atom is 0.264 e. The van der Waals surface area contributed by atoms with Crippen LogP contribution in [0, 0.1) is 0 Å². The van der Waals surface area contributed by atoms with E-state index in [9.17, 15) is 4.79 Å². The average molecular weight is 503 g/mol. The molecule has 0 aliphatic carbocycles. The van der Waals surface area contributed by atoms with Crippen LogP contribution in [0.2, 0.25) is 5.02 Å². The second-order valence-corrected chi connectivity index (χ2v) is 10.2. The summed E-state index contributed by atoms with van der Waals surface area (Å²) in [6, 6.07) is 11.6. The van der Waals surface area contributed by atoms with E-state index in [4.69, 9.17) is 11.6 Å². The van der Waals surface area contributed by atoms with Crippen molar-refractivity contribution in [3.8, 4) is 0 Å². The minimum Gasteiger partial charge on any atom is -0.365 e. The molecule has 1 N–H and O–H groups in total. The van der Waals surface area contributed by atoms with Crippen molar-refractivity contribution in [3.05, 3.63) is 68.0 Å². The number of hydrogen-bond acceptors (Lipinski definition) is 4. The monoisotopic (exact) mass is 501 g/mol. The van der Waals surface area contributed by atoms with E-state index in [-0.39, 0.29) is 11.4 Å². The summed E-state index contributed by atoms with van der Waals surface area (Å²) in [6.45, 7) is 6.46. The van der Waals surface area contributed by atoms with Crippen molar-refractivity contribution in [1.82, 2.24) is 5.32 Å². The van der Waals surface area contributed by atoms with Crippen LogP contribution >= 0.6 is 39.3 Å². The highest BCUT2D eigenvalue weighted by atomic mass is 79.9. The van der Waals surface area contributed by atoms with Crippen LogP contribution in [0.4, 0.5) is 11.4 Å². The summed E-state index contributed by atoms with van der Waals surface area (Å²) < 4.78 is 0.982. The molecule has 0 aromatic heterocycles. The molecule has 2 heterocycles. The molecule has 0 saturated carbocycles. The van der Waals surface area contributed by atoms with Crippen LogP contribution in [-0.2, 0) is 4.79 Å². The first-order valence-electron chi connectivity index (χ1n) is 9.46. The molecule has 0 spiro atoms. The number of carbonyl (C=O) groups excluding carboxylic acids is 1. The lowest BCUT2D eigenvalue weighted by atomic mass is 9.88. The van der Waals surface area contributed by atoms with E-state index >= 15 is 0 Å². The van der Waals surface area contributed by atoms with E-state index in [1.54, 1.807) is 0 Å². The lowest BCUT2D eigenvalue weighted by molar-refractivity contribution is -0.115. The Morgan fingerprint density at radius 1 is 1.23 bits per heavy atom. The number of fused-ring (bicyclic) bond motifs is 1. The Labute approximate surface area is 194 Å². The predicted octanol–water partition coefficient (Wildman–Crippen LogP) is 6.63. The van der Waals surface area contributed by atoms with Gasteiger partial charge < -0.3 is 10.2 Å². The van der Waals surface area contributed by atoms with E-state index in [0.717, 1.165) is 27.0 Å². The fraction of sp³-hybridized carbons (Fsp3) is 0.217. The first kappa shape index (κ1) is 21.2. The standard InChI is InChI=1S/C23H21BrClN3OS/c1-13-12-23(2,3)28(4)19-11-18(25)14(9-17(13)19)10-20-21(29)27-22(30-20)26-16-7-5-15(24)6-8-16/h5-12H,1-4H3,(H,26,27,29)/b20-10+. The highest BCUT2D eigenvalue weighted by Crippen LogP contribution is 2.41. The summed E-state index contributed by atoms with van der Waals surface area (Å²) >= 11 is 11.3. The summed E-state index contributed by atoms with van der Waals surface area (Å²) in [4.78, 5) is 19.8. The van der Waals surface area contributed by atoms with Gasteiger partial charge in [-0.2, -0.15) is 0 Å². The van der Waals surface area contributed by atoms with Crippen molar-refractivity contribution in [2.45, 2.75) is 26.3 Å². The van der Waals surface area contributed by atoms with Crippen molar-refractivity contribution in [2.24, 2.45) is 4.99 Å². The van der Waals surface area contributed by atoms with Crippen LogP contribution in [0.25, 0.3) is 11.6 Å². The highest BCUT2D eigenvalue weighted by Gasteiger charge is 2.30. The van der Waals surface area contributed by atoms with Gasteiger partial charge in [-0.1, -0.05) is 33.6 Å². The topological polar surface area (TPSA) is 44.7 Å². The first-order valence-corrected chi connectivity index (χ1v) is 11.5. The number of amidine groups is 1. The fourth-order valence-electron chi connectivity index (χ4n) is 3.55. The normalized spacial score (nSPS) is 20.4. The van der Waals surface area contributed by atoms with E-state index in [1.807, 2.05) is 36.4 Å². The Bertz CT molecular complexity index is 1140. The molecule has 1 amide bonds. The maximum absolute atomic E-state index is 12.5. The second kappa shape index (κ2) is 7.91. The van der Waals surface area contributed by atoms with Crippen molar-refractivity contribution >= 4 is 73.4 Å². The minimum atomic E-state index is -0.171. The lowest BCUT2D eigenvalue weighted by Crippen LogP contribution is -2.42. The Morgan fingerprint density at radius 2 is 1.93 bits per heavy atom. The van der Waals surface area contributed by atoms with Crippen molar-refractivity contribution in [3.63, 3.8) is 0 Å². The number of nitrogens with one attached hydrogen (secondary N) is 1. The molecule has 7 heteroatoms. The highest BCUT2D eigenvalue weighted by molar-refractivity contribution is 9.10. The first-order chi connectivity index (χ1) is 14.1. The molecule has 1 saturated heterocycles. The minimum absolute atomic E-state index is 0.0834. The number of anilines is 1. The molecule has 1 fully saturated rings. The molecule has 2 aliphatic rings. The number of nitrogens with zero attached hydrogens (tertiary/aromatic N) is 2. The van der Waals surface area contributed by atoms with Crippen LogP contribution in [0.5, 0.6) is 0 Å². The van der Waals surface area contributed by atoms with Gasteiger partial charge in [0.05, 0.1) is 16.1 Å². The molecule has 0 unspecified atom stereocenters. The number of thioether (sulfide) groups is 1.